The van der Waals surface area contributed by atoms with Gasteiger partial charge in [0.1, 0.15) is 0 Å². The molecule has 8 heteroatoms. The Bertz CT molecular complexity index is 1070. The monoisotopic (exact) mass is 423 g/mol. The second-order valence-corrected chi connectivity index (χ2v) is 8.69. The molecule has 0 saturated heterocycles. The highest BCUT2D eigenvalue weighted by atomic mass is 32.1. The van der Waals surface area contributed by atoms with Crippen molar-refractivity contribution in [2.75, 3.05) is 11.9 Å². The number of fused-ring (bicyclic) bond motifs is 2. The molecule has 0 atom stereocenters. The van der Waals surface area contributed by atoms with Crippen molar-refractivity contribution in [3.05, 3.63) is 58.6 Å². The Balaban J connectivity index is 1.37. The Morgan fingerprint density at radius 1 is 1.17 bits per heavy atom. The number of hydrogen-bond donors (Lipinski definition) is 3. The third kappa shape index (κ3) is 4.54. The average Bonchev–Trinajstić information content (AvgIpc) is 3.12. The van der Waals surface area contributed by atoms with Gasteiger partial charge in [-0.1, -0.05) is 53.8 Å². The zero-order chi connectivity index (χ0) is 21.1. The van der Waals surface area contributed by atoms with E-state index < -0.39 is 0 Å². The summed E-state index contributed by atoms with van der Waals surface area (Å²) in [5.74, 6) is 0. The standard InChI is InChI=1S/C22H25N5O2S/c1-14(2)24-20(28)26-21-25-18-10-11-27(13-19(18)30-21)22(29)23-12-16-8-5-7-15-6-3-4-9-17(15)16/h3-9,14H,10-13H2,1-2H3,(H,23,29)(H2,24,25,26,28). The molecule has 30 heavy (non-hydrogen) atoms. The van der Waals surface area contributed by atoms with Crippen LogP contribution in [0.5, 0.6) is 0 Å². The molecule has 2 heterocycles. The Hall–Kier alpha value is -3.13. The maximum atomic E-state index is 12.7. The summed E-state index contributed by atoms with van der Waals surface area (Å²) in [4.78, 5) is 32.0. The molecule has 7 nitrogen and oxygen atoms in total. The van der Waals surface area contributed by atoms with Gasteiger partial charge in [0, 0.05) is 30.4 Å². The van der Waals surface area contributed by atoms with Crippen LogP contribution in [0.2, 0.25) is 0 Å². The first-order valence-corrected chi connectivity index (χ1v) is 10.9. The molecule has 1 aromatic heterocycles. The Kier molecular flexibility index (Phi) is 5.85. The van der Waals surface area contributed by atoms with Crippen LogP contribution in [0.25, 0.3) is 10.8 Å². The lowest BCUT2D eigenvalue weighted by atomic mass is 10.0. The topological polar surface area (TPSA) is 86.4 Å². The van der Waals surface area contributed by atoms with Crippen LogP contribution in [-0.4, -0.2) is 34.5 Å². The Morgan fingerprint density at radius 3 is 2.80 bits per heavy atom. The minimum atomic E-state index is -0.263. The lowest BCUT2D eigenvalue weighted by molar-refractivity contribution is 0.192. The number of anilines is 1. The minimum absolute atomic E-state index is 0.0560. The number of benzene rings is 2. The fraction of sp³-hybridized carbons (Fsp3) is 0.318. The van der Waals surface area contributed by atoms with Crippen molar-refractivity contribution in [2.45, 2.75) is 39.4 Å². The largest absolute Gasteiger partial charge is 0.336 e. The normalized spacial score (nSPS) is 13.2. The van der Waals surface area contributed by atoms with Crippen LogP contribution < -0.4 is 16.0 Å². The summed E-state index contributed by atoms with van der Waals surface area (Å²) in [7, 11) is 0. The van der Waals surface area contributed by atoms with Crippen LogP contribution in [0.4, 0.5) is 14.7 Å². The Labute approximate surface area is 179 Å². The Morgan fingerprint density at radius 2 is 1.97 bits per heavy atom. The molecule has 4 rings (SSSR count). The number of urea groups is 2. The highest BCUT2D eigenvalue weighted by Gasteiger charge is 2.24. The van der Waals surface area contributed by atoms with Gasteiger partial charge in [-0.25, -0.2) is 14.6 Å². The molecule has 156 valence electrons. The van der Waals surface area contributed by atoms with Crippen LogP contribution in [-0.2, 0) is 19.5 Å². The highest BCUT2D eigenvalue weighted by molar-refractivity contribution is 7.15. The fourth-order valence-corrected chi connectivity index (χ4v) is 4.57. The van der Waals surface area contributed by atoms with Gasteiger partial charge in [0.15, 0.2) is 5.13 Å². The van der Waals surface area contributed by atoms with Gasteiger partial charge in [0.25, 0.3) is 0 Å². The average molecular weight is 424 g/mol. The molecule has 4 amide bonds. The van der Waals surface area contributed by atoms with Gasteiger partial charge in [-0.05, 0) is 30.2 Å². The van der Waals surface area contributed by atoms with Gasteiger partial charge >= 0.3 is 12.1 Å². The third-order valence-corrected chi connectivity index (χ3v) is 5.97. The molecule has 2 aromatic carbocycles. The molecular weight excluding hydrogens is 398 g/mol. The van der Waals surface area contributed by atoms with Gasteiger partial charge in [-0.15, -0.1) is 0 Å². The van der Waals surface area contributed by atoms with Crippen LogP contribution in [0.15, 0.2) is 42.5 Å². The summed E-state index contributed by atoms with van der Waals surface area (Å²) in [6, 6.07) is 14.0. The molecule has 0 fully saturated rings. The van der Waals surface area contributed by atoms with Crippen LogP contribution >= 0.6 is 11.3 Å². The first-order valence-electron chi connectivity index (χ1n) is 10.0. The SMILES string of the molecule is CC(C)NC(=O)Nc1nc2c(s1)CN(C(=O)NCc1cccc3ccccc13)CC2. The summed E-state index contributed by atoms with van der Waals surface area (Å²) in [6.07, 6.45) is 0.682. The number of rotatable bonds is 4. The highest BCUT2D eigenvalue weighted by Crippen LogP contribution is 2.28. The third-order valence-electron chi connectivity index (χ3n) is 4.97. The van der Waals surface area contributed by atoms with Crippen LogP contribution in [0, 0.1) is 0 Å². The summed E-state index contributed by atoms with van der Waals surface area (Å²) in [5, 5.41) is 11.5. The summed E-state index contributed by atoms with van der Waals surface area (Å²) in [6.45, 7) is 5.40. The van der Waals surface area contributed by atoms with E-state index in [1.54, 1.807) is 4.90 Å². The van der Waals surface area contributed by atoms with E-state index in [1.807, 2.05) is 38.1 Å². The maximum Gasteiger partial charge on any atom is 0.321 e. The molecule has 0 unspecified atom stereocenters. The minimum Gasteiger partial charge on any atom is -0.336 e. The van der Waals surface area contributed by atoms with E-state index in [-0.39, 0.29) is 18.1 Å². The molecule has 0 radical (unpaired) electrons. The zero-order valence-electron chi connectivity index (χ0n) is 17.1. The van der Waals surface area contributed by atoms with Gasteiger partial charge in [0.05, 0.1) is 12.2 Å². The molecule has 0 bridgehead atoms. The van der Waals surface area contributed by atoms with Gasteiger partial charge in [-0.2, -0.15) is 0 Å². The van der Waals surface area contributed by atoms with Crippen molar-refractivity contribution in [3.8, 4) is 0 Å². The van der Waals surface area contributed by atoms with E-state index in [9.17, 15) is 9.59 Å². The first kappa shape index (κ1) is 20.2. The number of carbonyl (C=O) groups excluding carboxylic acids is 2. The molecule has 3 aromatic rings. The zero-order valence-corrected chi connectivity index (χ0v) is 17.9. The summed E-state index contributed by atoms with van der Waals surface area (Å²) in [5.41, 5.74) is 2.05. The van der Waals surface area contributed by atoms with Crippen LogP contribution in [0.3, 0.4) is 0 Å². The number of carbonyl (C=O) groups is 2. The second-order valence-electron chi connectivity index (χ2n) is 7.61. The lowest BCUT2D eigenvalue weighted by Crippen LogP contribution is -2.42. The molecule has 0 aliphatic carbocycles. The van der Waals surface area contributed by atoms with Crippen molar-refractivity contribution < 1.29 is 9.59 Å². The predicted octanol–water partition coefficient (Wildman–Crippen LogP) is 4.09. The molecule has 3 N–H and O–H groups in total. The summed E-state index contributed by atoms with van der Waals surface area (Å²) >= 11 is 1.42. The number of hydrogen-bond acceptors (Lipinski definition) is 4. The number of aromatic nitrogens is 1. The maximum absolute atomic E-state index is 12.7. The number of nitrogens with zero attached hydrogens (tertiary/aromatic N) is 2. The molecule has 0 spiro atoms. The predicted molar refractivity (Wildman–Crippen MR) is 120 cm³/mol. The lowest BCUT2D eigenvalue weighted by Gasteiger charge is -2.26. The van der Waals surface area contributed by atoms with Crippen LogP contribution in [0.1, 0.15) is 30.0 Å². The smallest absolute Gasteiger partial charge is 0.321 e. The van der Waals surface area contributed by atoms with Crippen molar-refractivity contribution in [1.82, 2.24) is 20.5 Å². The van der Waals surface area contributed by atoms with Crippen molar-refractivity contribution in [3.63, 3.8) is 0 Å². The molecule has 1 aliphatic heterocycles. The number of amides is 4. The number of nitrogens with one attached hydrogen (secondary N) is 3. The van der Waals surface area contributed by atoms with Gasteiger partial charge in [0.2, 0.25) is 0 Å². The first-order chi connectivity index (χ1) is 14.5. The molecular formula is C22H25N5O2S. The summed E-state index contributed by atoms with van der Waals surface area (Å²) < 4.78 is 0. The van der Waals surface area contributed by atoms with Gasteiger partial charge in [-0.3, -0.25) is 5.32 Å². The van der Waals surface area contributed by atoms with Gasteiger partial charge < -0.3 is 15.5 Å². The van der Waals surface area contributed by atoms with E-state index in [4.69, 9.17) is 0 Å². The molecule has 0 saturated carbocycles. The number of thiazole rings is 1. The van der Waals surface area contributed by atoms with E-state index in [1.165, 1.54) is 11.3 Å². The second kappa shape index (κ2) is 8.71. The molecule has 1 aliphatic rings. The van der Waals surface area contributed by atoms with E-state index in [2.05, 4.69) is 39.1 Å². The van der Waals surface area contributed by atoms with E-state index in [0.29, 0.717) is 31.2 Å². The fourth-order valence-electron chi connectivity index (χ4n) is 3.55. The van der Waals surface area contributed by atoms with Crippen molar-refractivity contribution >= 4 is 39.3 Å². The van der Waals surface area contributed by atoms with E-state index in [0.717, 1.165) is 26.9 Å². The van der Waals surface area contributed by atoms with Crippen molar-refractivity contribution in [2.24, 2.45) is 0 Å². The van der Waals surface area contributed by atoms with Crippen molar-refractivity contribution in [1.29, 1.82) is 0 Å². The van der Waals surface area contributed by atoms with E-state index >= 15 is 0 Å². The quantitative estimate of drug-likeness (QED) is 0.591.